The van der Waals surface area contributed by atoms with E-state index in [1.54, 1.807) is 24.3 Å². The summed E-state index contributed by atoms with van der Waals surface area (Å²) in [6, 6.07) is 9.43. The van der Waals surface area contributed by atoms with Crippen molar-refractivity contribution in [3.05, 3.63) is 56.3 Å². The van der Waals surface area contributed by atoms with E-state index in [-0.39, 0.29) is 16.7 Å². The van der Waals surface area contributed by atoms with E-state index in [0.29, 0.717) is 5.56 Å². The van der Waals surface area contributed by atoms with Crippen molar-refractivity contribution in [3.8, 4) is 0 Å². The average molecular weight is 276 g/mol. The largest absolute Gasteiger partial charge is 0.377 e. The van der Waals surface area contributed by atoms with Gasteiger partial charge >= 0.3 is 0 Å². The number of hydrogen-bond donors (Lipinski definition) is 1. The quantitative estimate of drug-likeness (QED) is 0.645. The van der Waals surface area contributed by atoms with Gasteiger partial charge in [0.1, 0.15) is 0 Å². The molecule has 100 valence electrons. The van der Waals surface area contributed by atoms with Crippen LogP contribution in [0.5, 0.6) is 0 Å². The Labute approximate surface area is 116 Å². The highest BCUT2D eigenvalue weighted by molar-refractivity contribution is 7.10. The average Bonchev–Trinajstić information content (AvgIpc) is 2.91. The van der Waals surface area contributed by atoms with Gasteiger partial charge in [-0.25, -0.2) is 0 Å². The van der Waals surface area contributed by atoms with Gasteiger partial charge in [-0.2, -0.15) is 0 Å². The zero-order valence-electron chi connectivity index (χ0n) is 10.9. The fourth-order valence-corrected chi connectivity index (χ4v) is 2.89. The monoisotopic (exact) mass is 276 g/mol. The van der Waals surface area contributed by atoms with Crippen LogP contribution in [-0.2, 0) is 0 Å². The van der Waals surface area contributed by atoms with Crippen molar-refractivity contribution in [3.63, 3.8) is 0 Å². The summed E-state index contributed by atoms with van der Waals surface area (Å²) in [4.78, 5) is 11.8. The Bertz CT molecular complexity index is 567. The van der Waals surface area contributed by atoms with Crippen LogP contribution in [0.15, 0.2) is 35.7 Å². The van der Waals surface area contributed by atoms with Gasteiger partial charge in [0, 0.05) is 22.2 Å². The number of nitro groups is 1. The first-order valence-corrected chi connectivity index (χ1v) is 7.05. The molecule has 1 unspecified atom stereocenters. The van der Waals surface area contributed by atoms with Crippen molar-refractivity contribution in [2.24, 2.45) is 0 Å². The Morgan fingerprint density at radius 2 is 2.16 bits per heavy atom. The molecule has 0 radical (unpaired) electrons. The van der Waals surface area contributed by atoms with Crippen LogP contribution < -0.4 is 5.32 Å². The molecule has 0 saturated carbocycles. The second-order valence-corrected chi connectivity index (χ2v) is 5.31. The van der Waals surface area contributed by atoms with Crippen LogP contribution in [0.1, 0.15) is 29.8 Å². The normalized spacial score (nSPS) is 12.1. The number of rotatable bonds is 5. The van der Waals surface area contributed by atoms with Gasteiger partial charge in [0.05, 0.1) is 11.0 Å². The molecule has 1 aromatic heterocycles. The predicted octanol–water partition coefficient (Wildman–Crippen LogP) is 4.53. The predicted molar refractivity (Wildman–Crippen MR) is 78.8 cm³/mol. The Hall–Kier alpha value is -1.88. The number of nitro benzene ring substituents is 1. The lowest BCUT2D eigenvalue weighted by atomic mass is 10.1. The van der Waals surface area contributed by atoms with Crippen molar-refractivity contribution in [2.45, 2.75) is 26.3 Å². The number of hydrogen-bond acceptors (Lipinski definition) is 4. The molecule has 19 heavy (non-hydrogen) atoms. The van der Waals surface area contributed by atoms with E-state index in [9.17, 15) is 10.1 Å². The zero-order chi connectivity index (χ0) is 13.8. The second kappa shape index (κ2) is 5.84. The second-order valence-electron chi connectivity index (χ2n) is 4.33. The molecule has 0 aliphatic rings. The summed E-state index contributed by atoms with van der Waals surface area (Å²) in [6.45, 7) is 3.88. The minimum Gasteiger partial charge on any atom is -0.377 e. The Morgan fingerprint density at radius 3 is 2.74 bits per heavy atom. The van der Waals surface area contributed by atoms with Gasteiger partial charge in [0.15, 0.2) is 0 Å². The zero-order valence-corrected chi connectivity index (χ0v) is 11.7. The summed E-state index contributed by atoms with van der Waals surface area (Å²) in [7, 11) is 0. The van der Waals surface area contributed by atoms with E-state index in [1.807, 2.05) is 17.5 Å². The lowest BCUT2D eigenvalue weighted by Crippen LogP contribution is -2.09. The van der Waals surface area contributed by atoms with E-state index < -0.39 is 0 Å². The lowest BCUT2D eigenvalue weighted by molar-refractivity contribution is -0.385. The number of nitrogens with zero attached hydrogens (tertiary/aromatic N) is 1. The van der Waals surface area contributed by atoms with Crippen LogP contribution in [0.4, 0.5) is 11.4 Å². The molecule has 4 nitrogen and oxygen atoms in total. The molecule has 1 heterocycles. The fourth-order valence-electron chi connectivity index (χ4n) is 2.03. The maximum Gasteiger partial charge on any atom is 0.274 e. The molecular formula is C14H16N2O2S. The van der Waals surface area contributed by atoms with E-state index in [4.69, 9.17) is 0 Å². The van der Waals surface area contributed by atoms with Crippen LogP contribution in [0.25, 0.3) is 0 Å². The maximum absolute atomic E-state index is 10.9. The fraction of sp³-hybridized carbons (Fsp3) is 0.286. The Balaban J connectivity index is 2.28. The highest BCUT2D eigenvalue weighted by Crippen LogP contribution is 2.31. The van der Waals surface area contributed by atoms with E-state index >= 15 is 0 Å². The standard InChI is InChI=1S/C14H16N2O2S/c1-3-11(14-8-5-9-19-14)15-12-6-4-7-13(10(12)2)16(17)18/h4-9,11,15H,3H2,1-2H3. The van der Waals surface area contributed by atoms with Gasteiger partial charge in [0.2, 0.25) is 0 Å². The molecule has 0 amide bonds. The first-order chi connectivity index (χ1) is 9.13. The van der Waals surface area contributed by atoms with E-state index in [1.165, 1.54) is 10.9 Å². The Kier molecular flexibility index (Phi) is 4.16. The van der Waals surface area contributed by atoms with Crippen LogP contribution >= 0.6 is 11.3 Å². The topological polar surface area (TPSA) is 55.2 Å². The number of thiophene rings is 1. The number of benzene rings is 1. The molecular weight excluding hydrogens is 260 g/mol. The number of anilines is 1. The summed E-state index contributed by atoms with van der Waals surface area (Å²) in [6.07, 6.45) is 0.933. The summed E-state index contributed by atoms with van der Waals surface area (Å²) >= 11 is 1.69. The van der Waals surface area contributed by atoms with E-state index in [0.717, 1.165) is 12.1 Å². The third kappa shape index (κ3) is 2.93. The molecule has 0 aliphatic carbocycles. The Morgan fingerprint density at radius 1 is 1.37 bits per heavy atom. The van der Waals surface area contributed by atoms with Crippen LogP contribution in [0, 0.1) is 17.0 Å². The number of nitrogens with one attached hydrogen (secondary N) is 1. The minimum absolute atomic E-state index is 0.158. The SMILES string of the molecule is CCC(Nc1cccc([N+](=O)[O-])c1C)c1cccs1. The van der Waals surface area contributed by atoms with Crippen molar-refractivity contribution < 1.29 is 4.92 Å². The molecule has 0 bridgehead atoms. The van der Waals surface area contributed by atoms with Gasteiger partial charge in [-0.3, -0.25) is 10.1 Å². The highest BCUT2D eigenvalue weighted by Gasteiger charge is 2.16. The summed E-state index contributed by atoms with van der Waals surface area (Å²) < 4.78 is 0. The van der Waals surface area contributed by atoms with Crippen molar-refractivity contribution in [1.82, 2.24) is 0 Å². The van der Waals surface area contributed by atoms with Crippen molar-refractivity contribution in [2.75, 3.05) is 5.32 Å². The molecule has 5 heteroatoms. The van der Waals surface area contributed by atoms with Crippen LogP contribution in [0.3, 0.4) is 0 Å². The molecule has 2 rings (SSSR count). The first kappa shape index (κ1) is 13.5. The van der Waals surface area contributed by atoms with Gasteiger partial charge in [-0.15, -0.1) is 11.3 Å². The molecule has 1 atom stereocenters. The third-order valence-electron chi connectivity index (χ3n) is 3.13. The molecule has 1 N–H and O–H groups in total. The first-order valence-electron chi connectivity index (χ1n) is 6.17. The highest BCUT2D eigenvalue weighted by atomic mass is 32.1. The van der Waals surface area contributed by atoms with Crippen LogP contribution in [-0.4, -0.2) is 4.92 Å². The van der Waals surface area contributed by atoms with Gasteiger partial charge < -0.3 is 5.32 Å². The summed E-state index contributed by atoms with van der Waals surface area (Å²) in [5.74, 6) is 0. The minimum atomic E-state index is -0.341. The maximum atomic E-state index is 10.9. The summed E-state index contributed by atoms with van der Waals surface area (Å²) in [5, 5.41) is 16.4. The molecule has 1 aromatic carbocycles. The molecule has 0 aliphatic heterocycles. The third-order valence-corrected chi connectivity index (χ3v) is 4.11. The van der Waals surface area contributed by atoms with Crippen molar-refractivity contribution in [1.29, 1.82) is 0 Å². The molecule has 2 aromatic rings. The smallest absolute Gasteiger partial charge is 0.274 e. The van der Waals surface area contributed by atoms with Crippen LogP contribution in [0.2, 0.25) is 0 Å². The molecule has 0 fully saturated rings. The van der Waals surface area contributed by atoms with Crippen molar-refractivity contribution >= 4 is 22.7 Å². The lowest BCUT2D eigenvalue weighted by Gasteiger charge is -2.18. The summed E-state index contributed by atoms with van der Waals surface area (Å²) in [5.41, 5.74) is 1.67. The van der Waals surface area contributed by atoms with Gasteiger partial charge in [0.25, 0.3) is 5.69 Å². The van der Waals surface area contributed by atoms with Gasteiger partial charge in [-0.05, 0) is 30.9 Å². The van der Waals surface area contributed by atoms with Gasteiger partial charge in [-0.1, -0.05) is 19.1 Å². The molecule has 0 spiro atoms. The van der Waals surface area contributed by atoms with E-state index in [2.05, 4.69) is 18.3 Å². The molecule has 0 saturated heterocycles.